The predicted octanol–water partition coefficient (Wildman–Crippen LogP) is 2.36. The van der Waals surface area contributed by atoms with E-state index in [0.29, 0.717) is 6.42 Å². The van der Waals surface area contributed by atoms with Crippen LogP contribution in [0.2, 0.25) is 0 Å². The van der Waals surface area contributed by atoms with E-state index in [2.05, 4.69) is 0 Å². The van der Waals surface area contributed by atoms with Crippen molar-refractivity contribution in [1.82, 2.24) is 0 Å². The second kappa shape index (κ2) is 3.33. The normalized spacial score (nSPS) is 29.4. The number of nitrogens with two attached hydrogens (primary N) is 1. The average molecular weight is 233 g/mol. The number of aliphatic carboxylic acids is 1. The predicted molar refractivity (Wildman–Crippen MR) is 66.4 cm³/mol. The van der Waals surface area contributed by atoms with Gasteiger partial charge in [0.05, 0.1) is 11.0 Å². The first-order chi connectivity index (χ1) is 7.76. The zero-order chi connectivity index (χ0) is 12.9. The molecule has 1 aliphatic carbocycles. The van der Waals surface area contributed by atoms with E-state index in [9.17, 15) is 9.90 Å². The van der Waals surface area contributed by atoms with Crippen LogP contribution in [0.1, 0.15) is 32.8 Å². The Kier molecular flexibility index (Phi) is 2.37. The van der Waals surface area contributed by atoms with Gasteiger partial charge in [-0.2, -0.15) is 0 Å². The van der Waals surface area contributed by atoms with Crippen molar-refractivity contribution in [2.75, 3.05) is 0 Å². The van der Waals surface area contributed by atoms with E-state index in [4.69, 9.17) is 5.73 Å². The van der Waals surface area contributed by atoms with Crippen LogP contribution < -0.4 is 5.73 Å². The molecule has 3 nitrogen and oxygen atoms in total. The lowest BCUT2D eigenvalue weighted by molar-refractivity contribution is -0.148. The molecule has 0 saturated heterocycles. The Balaban J connectivity index is 2.50. The van der Waals surface area contributed by atoms with Crippen LogP contribution in [-0.2, 0) is 10.3 Å². The molecular formula is C14H19NO2. The summed E-state index contributed by atoms with van der Waals surface area (Å²) in [5, 5.41) is 9.56. The summed E-state index contributed by atoms with van der Waals surface area (Å²) in [7, 11) is 0. The molecule has 0 aromatic heterocycles. The first-order valence-corrected chi connectivity index (χ1v) is 5.83. The molecule has 0 bridgehead atoms. The van der Waals surface area contributed by atoms with Gasteiger partial charge in [0, 0.05) is 0 Å². The quantitative estimate of drug-likeness (QED) is 0.842. The van der Waals surface area contributed by atoms with E-state index in [-0.39, 0.29) is 5.41 Å². The molecule has 92 valence electrons. The Hall–Kier alpha value is -1.35. The zero-order valence-electron chi connectivity index (χ0n) is 10.5. The monoisotopic (exact) mass is 233 g/mol. The third-order valence-corrected chi connectivity index (χ3v) is 4.36. The Morgan fingerprint density at radius 1 is 1.35 bits per heavy atom. The Morgan fingerprint density at radius 3 is 2.18 bits per heavy atom. The molecule has 3 N–H and O–H groups in total. The van der Waals surface area contributed by atoms with Gasteiger partial charge in [-0.15, -0.1) is 0 Å². The Bertz CT molecular complexity index is 451. The standard InChI is InChI=1S/C14H19NO2/c1-12(2)9-14(12,11(16)17)13(3,15)10-7-5-4-6-8-10/h4-8H,9,15H2,1-3H3,(H,16,17). The van der Waals surface area contributed by atoms with Gasteiger partial charge in [0.15, 0.2) is 0 Å². The van der Waals surface area contributed by atoms with Gasteiger partial charge in [0.2, 0.25) is 0 Å². The van der Waals surface area contributed by atoms with Crippen LogP contribution in [0.25, 0.3) is 0 Å². The summed E-state index contributed by atoms with van der Waals surface area (Å²) in [5.41, 5.74) is 5.30. The fraction of sp³-hybridized carbons (Fsp3) is 0.500. The maximum atomic E-state index is 11.6. The molecule has 17 heavy (non-hydrogen) atoms. The molecular weight excluding hydrogens is 214 g/mol. The van der Waals surface area contributed by atoms with E-state index < -0.39 is 16.9 Å². The van der Waals surface area contributed by atoms with Crippen molar-refractivity contribution in [3.63, 3.8) is 0 Å². The molecule has 1 aliphatic rings. The van der Waals surface area contributed by atoms with E-state index in [1.54, 1.807) is 0 Å². The number of carbonyl (C=O) groups is 1. The van der Waals surface area contributed by atoms with Gasteiger partial charge in [-0.3, -0.25) is 4.79 Å². The van der Waals surface area contributed by atoms with Crippen LogP contribution >= 0.6 is 0 Å². The molecule has 3 heteroatoms. The molecule has 0 amide bonds. The average Bonchev–Trinajstić information content (AvgIpc) is 2.85. The van der Waals surface area contributed by atoms with Crippen molar-refractivity contribution >= 4 is 5.97 Å². The number of hydrogen-bond donors (Lipinski definition) is 2. The largest absolute Gasteiger partial charge is 0.481 e. The van der Waals surface area contributed by atoms with Gasteiger partial charge in [0.1, 0.15) is 0 Å². The highest BCUT2D eigenvalue weighted by Crippen LogP contribution is 2.70. The lowest BCUT2D eigenvalue weighted by atomic mass is 9.73. The minimum Gasteiger partial charge on any atom is -0.481 e. The molecule has 1 fully saturated rings. The second-order valence-corrected chi connectivity index (χ2v) is 5.84. The lowest BCUT2D eigenvalue weighted by Crippen LogP contribution is -2.49. The number of carboxylic acids is 1. The SMILES string of the molecule is CC1(C)CC1(C(=O)O)C(C)(N)c1ccccc1. The maximum absolute atomic E-state index is 11.6. The molecule has 1 aromatic rings. The molecule has 0 radical (unpaired) electrons. The molecule has 1 aromatic carbocycles. The second-order valence-electron chi connectivity index (χ2n) is 5.84. The van der Waals surface area contributed by atoms with Crippen LogP contribution in [0.15, 0.2) is 30.3 Å². The van der Waals surface area contributed by atoms with Crippen LogP contribution in [-0.4, -0.2) is 11.1 Å². The molecule has 2 unspecified atom stereocenters. The van der Waals surface area contributed by atoms with E-state index in [0.717, 1.165) is 5.56 Å². The van der Waals surface area contributed by atoms with Crippen LogP contribution in [0.5, 0.6) is 0 Å². The number of hydrogen-bond acceptors (Lipinski definition) is 2. The fourth-order valence-corrected chi connectivity index (χ4v) is 3.12. The van der Waals surface area contributed by atoms with E-state index >= 15 is 0 Å². The summed E-state index contributed by atoms with van der Waals surface area (Å²) in [6, 6.07) is 9.50. The van der Waals surface area contributed by atoms with Crippen molar-refractivity contribution < 1.29 is 9.90 Å². The number of benzene rings is 1. The van der Waals surface area contributed by atoms with Gasteiger partial charge in [-0.25, -0.2) is 0 Å². The van der Waals surface area contributed by atoms with Crippen LogP contribution in [0.3, 0.4) is 0 Å². The number of carboxylic acid groups (broad SMARTS) is 1. The lowest BCUT2D eigenvalue weighted by Gasteiger charge is -2.35. The minimum absolute atomic E-state index is 0.252. The van der Waals surface area contributed by atoms with Gasteiger partial charge >= 0.3 is 5.97 Å². The van der Waals surface area contributed by atoms with Crippen LogP contribution in [0.4, 0.5) is 0 Å². The summed E-state index contributed by atoms with van der Waals surface area (Å²) in [4.78, 5) is 11.6. The van der Waals surface area contributed by atoms with Gasteiger partial charge in [-0.05, 0) is 24.3 Å². The molecule has 2 atom stereocenters. The molecule has 2 rings (SSSR count). The van der Waals surface area contributed by atoms with Gasteiger partial charge in [0.25, 0.3) is 0 Å². The summed E-state index contributed by atoms with van der Waals surface area (Å²) in [6.07, 6.45) is 0.622. The van der Waals surface area contributed by atoms with Gasteiger partial charge < -0.3 is 10.8 Å². The van der Waals surface area contributed by atoms with E-state index in [1.165, 1.54) is 0 Å². The topological polar surface area (TPSA) is 63.3 Å². The highest BCUT2D eigenvalue weighted by atomic mass is 16.4. The van der Waals surface area contributed by atoms with Crippen molar-refractivity contribution in [3.05, 3.63) is 35.9 Å². The van der Waals surface area contributed by atoms with Crippen molar-refractivity contribution in [1.29, 1.82) is 0 Å². The summed E-state index contributed by atoms with van der Waals surface area (Å²) >= 11 is 0. The fourth-order valence-electron chi connectivity index (χ4n) is 3.12. The first kappa shape index (κ1) is 12.1. The Morgan fingerprint density at radius 2 is 1.82 bits per heavy atom. The van der Waals surface area contributed by atoms with Crippen molar-refractivity contribution in [2.24, 2.45) is 16.6 Å². The first-order valence-electron chi connectivity index (χ1n) is 5.83. The highest BCUT2D eigenvalue weighted by Gasteiger charge is 2.74. The smallest absolute Gasteiger partial charge is 0.312 e. The zero-order valence-corrected chi connectivity index (χ0v) is 10.5. The third kappa shape index (κ3) is 1.42. The van der Waals surface area contributed by atoms with Crippen LogP contribution in [0, 0.1) is 10.8 Å². The van der Waals surface area contributed by atoms with E-state index in [1.807, 2.05) is 51.1 Å². The molecule has 0 heterocycles. The van der Waals surface area contributed by atoms with Crippen molar-refractivity contribution in [2.45, 2.75) is 32.7 Å². The van der Waals surface area contributed by atoms with Crippen molar-refractivity contribution in [3.8, 4) is 0 Å². The summed E-state index contributed by atoms with van der Waals surface area (Å²) in [6.45, 7) is 5.76. The molecule has 1 saturated carbocycles. The minimum atomic E-state index is -0.860. The van der Waals surface area contributed by atoms with Gasteiger partial charge in [-0.1, -0.05) is 44.2 Å². The number of rotatable bonds is 3. The molecule has 0 spiro atoms. The summed E-state index contributed by atoms with van der Waals surface area (Å²) < 4.78 is 0. The maximum Gasteiger partial charge on any atom is 0.312 e. The summed E-state index contributed by atoms with van der Waals surface area (Å²) in [5.74, 6) is -0.795. The molecule has 0 aliphatic heterocycles. The Labute approximate surface area is 102 Å². The highest BCUT2D eigenvalue weighted by molar-refractivity contribution is 5.82. The third-order valence-electron chi connectivity index (χ3n) is 4.36.